The molecular weight excluding hydrogens is 574 g/mol. The third-order valence-electron chi connectivity index (χ3n) is 8.67. The fourth-order valence-corrected chi connectivity index (χ4v) is 6.41. The van der Waals surface area contributed by atoms with Crippen LogP contribution in [0.4, 0.5) is 0 Å². The van der Waals surface area contributed by atoms with Gasteiger partial charge in [-0.15, -0.1) is 0 Å². The fourth-order valence-electron chi connectivity index (χ4n) is 6.41. The molecular formula is C43H27N3O. The maximum Gasteiger partial charge on any atom is 0.162 e. The average molecular weight is 602 g/mol. The highest BCUT2D eigenvalue weighted by atomic mass is 16.3. The largest absolute Gasteiger partial charge is 0.454 e. The summed E-state index contributed by atoms with van der Waals surface area (Å²) in [5, 5.41) is 2.04. The lowest BCUT2D eigenvalue weighted by molar-refractivity contribution is 0.670. The summed E-state index contributed by atoms with van der Waals surface area (Å²) < 4.78 is 6.50. The van der Waals surface area contributed by atoms with Crippen molar-refractivity contribution in [3.05, 3.63) is 164 Å². The monoisotopic (exact) mass is 601 g/mol. The first-order valence-corrected chi connectivity index (χ1v) is 15.7. The molecule has 4 heteroatoms. The van der Waals surface area contributed by atoms with E-state index >= 15 is 0 Å². The zero-order valence-electron chi connectivity index (χ0n) is 25.3. The van der Waals surface area contributed by atoms with E-state index in [1.807, 2.05) is 54.6 Å². The minimum Gasteiger partial charge on any atom is -0.454 e. The number of pyridine rings is 1. The number of para-hydroxylation sites is 2. The van der Waals surface area contributed by atoms with E-state index in [0.29, 0.717) is 5.82 Å². The van der Waals surface area contributed by atoms with Gasteiger partial charge in [0.05, 0.1) is 16.9 Å². The van der Waals surface area contributed by atoms with E-state index in [1.165, 1.54) is 5.56 Å². The minimum absolute atomic E-state index is 0.660. The number of furan rings is 1. The molecule has 0 N–H and O–H groups in total. The molecule has 6 aromatic carbocycles. The molecule has 9 aromatic rings. The first-order chi connectivity index (χ1) is 23.3. The second-order valence-electron chi connectivity index (χ2n) is 11.6. The van der Waals surface area contributed by atoms with Crippen LogP contribution in [0.2, 0.25) is 0 Å². The predicted molar refractivity (Wildman–Crippen MR) is 192 cm³/mol. The lowest BCUT2D eigenvalue weighted by atomic mass is 9.97. The molecule has 0 aliphatic rings. The molecule has 3 aromatic heterocycles. The zero-order chi connectivity index (χ0) is 31.2. The molecule has 9 rings (SSSR count). The van der Waals surface area contributed by atoms with Crippen LogP contribution in [0.25, 0.3) is 89.1 Å². The minimum atomic E-state index is 0.660. The van der Waals surface area contributed by atoms with Crippen molar-refractivity contribution in [1.82, 2.24) is 15.0 Å². The Kier molecular flexibility index (Phi) is 6.43. The molecule has 47 heavy (non-hydrogen) atoms. The molecule has 0 spiro atoms. The van der Waals surface area contributed by atoms with Gasteiger partial charge in [-0.25, -0.2) is 15.0 Å². The molecule has 0 aliphatic heterocycles. The Bertz CT molecular complexity index is 2570. The van der Waals surface area contributed by atoms with E-state index in [0.717, 1.165) is 77.7 Å². The summed E-state index contributed by atoms with van der Waals surface area (Å²) in [6.07, 6.45) is 0. The van der Waals surface area contributed by atoms with Gasteiger partial charge >= 0.3 is 0 Å². The normalized spacial score (nSPS) is 11.4. The molecule has 0 unspecified atom stereocenters. The molecule has 0 aliphatic carbocycles. The molecule has 0 atom stereocenters. The first kappa shape index (κ1) is 27.0. The van der Waals surface area contributed by atoms with E-state index < -0.39 is 0 Å². The van der Waals surface area contributed by atoms with Crippen molar-refractivity contribution in [2.24, 2.45) is 0 Å². The van der Waals surface area contributed by atoms with E-state index in [2.05, 4.69) is 109 Å². The Hall–Kier alpha value is -6.39. The van der Waals surface area contributed by atoms with Gasteiger partial charge in [0.25, 0.3) is 0 Å². The maximum absolute atomic E-state index is 6.50. The Morgan fingerprint density at radius 3 is 1.77 bits per heavy atom. The van der Waals surface area contributed by atoms with Crippen molar-refractivity contribution in [3.8, 4) is 56.2 Å². The van der Waals surface area contributed by atoms with Crippen molar-refractivity contribution in [2.75, 3.05) is 0 Å². The third-order valence-corrected chi connectivity index (χ3v) is 8.67. The van der Waals surface area contributed by atoms with Crippen molar-refractivity contribution in [3.63, 3.8) is 0 Å². The summed E-state index contributed by atoms with van der Waals surface area (Å²) >= 11 is 0. The van der Waals surface area contributed by atoms with E-state index in [4.69, 9.17) is 19.4 Å². The number of hydrogen-bond donors (Lipinski definition) is 0. The van der Waals surface area contributed by atoms with Gasteiger partial charge in [-0.1, -0.05) is 127 Å². The van der Waals surface area contributed by atoms with Crippen molar-refractivity contribution >= 4 is 33.0 Å². The predicted octanol–water partition coefficient (Wildman–Crippen LogP) is 11.3. The molecule has 0 saturated heterocycles. The number of nitrogens with zero attached hydrogens (tertiary/aromatic N) is 3. The van der Waals surface area contributed by atoms with Crippen LogP contribution in [0.5, 0.6) is 0 Å². The number of rotatable bonds is 5. The second-order valence-corrected chi connectivity index (χ2v) is 11.6. The second kappa shape index (κ2) is 11.2. The van der Waals surface area contributed by atoms with Gasteiger partial charge in [-0.05, 0) is 53.1 Å². The summed E-state index contributed by atoms with van der Waals surface area (Å²) in [6, 6.07) is 56.2. The maximum atomic E-state index is 6.50. The number of hydrogen-bond acceptors (Lipinski definition) is 4. The number of aromatic nitrogens is 3. The van der Waals surface area contributed by atoms with Gasteiger partial charge < -0.3 is 4.42 Å². The van der Waals surface area contributed by atoms with Crippen LogP contribution < -0.4 is 0 Å². The van der Waals surface area contributed by atoms with Crippen LogP contribution in [0.1, 0.15) is 0 Å². The standard InChI is InChI=1S/C43H27N3O/c1-3-13-28(14-4-1)30-17-11-18-31(25-30)38-27-37(29-15-5-2-6-16-29)45-43(46-38)33-20-12-19-32(26-33)40-34-21-7-9-23-36(34)44-41-35-22-8-10-24-39(35)47-42(40)41/h1-27H. The quantitative estimate of drug-likeness (QED) is 0.197. The van der Waals surface area contributed by atoms with Gasteiger partial charge in [-0.2, -0.15) is 0 Å². The molecule has 220 valence electrons. The fraction of sp³-hybridized carbons (Fsp3) is 0. The topological polar surface area (TPSA) is 51.8 Å². The van der Waals surface area contributed by atoms with Crippen LogP contribution in [0.15, 0.2) is 168 Å². The van der Waals surface area contributed by atoms with Gasteiger partial charge in [0.15, 0.2) is 11.4 Å². The van der Waals surface area contributed by atoms with Gasteiger partial charge in [0, 0.05) is 33.0 Å². The first-order valence-electron chi connectivity index (χ1n) is 15.7. The van der Waals surface area contributed by atoms with Crippen LogP contribution in [-0.2, 0) is 0 Å². The SMILES string of the molecule is c1ccc(-c2cccc(-c3cc(-c4ccccc4)nc(-c4cccc(-c5c6ccccc6nc6c5oc5ccccc56)c4)n3)c2)cc1. The highest BCUT2D eigenvalue weighted by Crippen LogP contribution is 2.40. The Morgan fingerprint density at radius 2 is 0.957 bits per heavy atom. The van der Waals surface area contributed by atoms with Gasteiger partial charge in [-0.3, -0.25) is 0 Å². The molecule has 0 amide bonds. The molecule has 0 fully saturated rings. The van der Waals surface area contributed by atoms with Crippen LogP contribution in [0.3, 0.4) is 0 Å². The van der Waals surface area contributed by atoms with Crippen LogP contribution in [0, 0.1) is 0 Å². The third kappa shape index (κ3) is 4.84. The molecule has 3 heterocycles. The van der Waals surface area contributed by atoms with Crippen molar-refractivity contribution < 1.29 is 4.42 Å². The van der Waals surface area contributed by atoms with Crippen molar-refractivity contribution in [2.45, 2.75) is 0 Å². The Morgan fingerprint density at radius 1 is 0.383 bits per heavy atom. The Labute approximate surface area is 271 Å². The summed E-state index contributed by atoms with van der Waals surface area (Å²) in [6.45, 7) is 0. The Balaban J connectivity index is 1.24. The summed E-state index contributed by atoms with van der Waals surface area (Å²) in [7, 11) is 0. The van der Waals surface area contributed by atoms with E-state index in [1.54, 1.807) is 0 Å². The summed E-state index contributed by atoms with van der Waals surface area (Å²) in [5.41, 5.74) is 12.5. The number of fused-ring (bicyclic) bond motifs is 4. The molecule has 0 saturated carbocycles. The molecule has 0 radical (unpaired) electrons. The summed E-state index contributed by atoms with van der Waals surface area (Å²) in [5.74, 6) is 0.660. The van der Waals surface area contributed by atoms with Crippen LogP contribution >= 0.6 is 0 Å². The molecule has 0 bridgehead atoms. The summed E-state index contributed by atoms with van der Waals surface area (Å²) in [4.78, 5) is 15.3. The van der Waals surface area contributed by atoms with Gasteiger partial charge in [0.1, 0.15) is 11.1 Å². The average Bonchev–Trinajstić information content (AvgIpc) is 3.52. The van der Waals surface area contributed by atoms with E-state index in [9.17, 15) is 0 Å². The highest BCUT2D eigenvalue weighted by Gasteiger charge is 2.19. The lowest BCUT2D eigenvalue weighted by Gasteiger charge is -2.12. The molecule has 4 nitrogen and oxygen atoms in total. The van der Waals surface area contributed by atoms with Gasteiger partial charge in [0.2, 0.25) is 0 Å². The number of benzene rings is 6. The van der Waals surface area contributed by atoms with Crippen LogP contribution in [-0.4, -0.2) is 15.0 Å². The smallest absolute Gasteiger partial charge is 0.162 e. The van der Waals surface area contributed by atoms with Crippen molar-refractivity contribution in [1.29, 1.82) is 0 Å². The highest BCUT2D eigenvalue weighted by molar-refractivity contribution is 6.15. The van der Waals surface area contributed by atoms with E-state index in [-0.39, 0.29) is 0 Å². The zero-order valence-corrected chi connectivity index (χ0v) is 25.3. The lowest BCUT2D eigenvalue weighted by Crippen LogP contribution is -1.96.